The molecule has 0 radical (unpaired) electrons. The van der Waals surface area contributed by atoms with Crippen molar-refractivity contribution in [3.05, 3.63) is 29.6 Å². The van der Waals surface area contributed by atoms with E-state index < -0.39 is 5.82 Å². The lowest BCUT2D eigenvalue weighted by Gasteiger charge is -2.30. The van der Waals surface area contributed by atoms with E-state index in [-0.39, 0.29) is 5.56 Å². The molecule has 1 aliphatic rings. The maximum atomic E-state index is 13.2. The van der Waals surface area contributed by atoms with Gasteiger partial charge in [0, 0.05) is 11.7 Å². The van der Waals surface area contributed by atoms with E-state index in [4.69, 9.17) is 5.26 Å². The summed E-state index contributed by atoms with van der Waals surface area (Å²) < 4.78 is 13.2. The zero-order valence-corrected chi connectivity index (χ0v) is 10.0. The highest BCUT2D eigenvalue weighted by Crippen LogP contribution is 2.27. The average Bonchev–Trinajstić information content (AvgIpc) is 2.34. The molecule has 0 saturated heterocycles. The summed E-state index contributed by atoms with van der Waals surface area (Å²) in [6.07, 6.45) is 4.94. The lowest BCUT2D eigenvalue weighted by molar-refractivity contribution is 0.349. The summed E-state index contributed by atoms with van der Waals surface area (Å²) >= 11 is 0. The first-order chi connectivity index (χ1) is 8.20. The molecule has 2 atom stereocenters. The Hall–Kier alpha value is -1.56. The summed E-state index contributed by atoms with van der Waals surface area (Å²) in [4.78, 5) is 0. The predicted octanol–water partition coefficient (Wildman–Crippen LogP) is 3.69. The number of nitrogens with one attached hydrogen (secondary N) is 1. The van der Waals surface area contributed by atoms with E-state index >= 15 is 0 Å². The molecule has 1 aromatic rings. The topological polar surface area (TPSA) is 35.8 Å². The van der Waals surface area contributed by atoms with Gasteiger partial charge in [0.1, 0.15) is 11.9 Å². The second-order valence-corrected chi connectivity index (χ2v) is 4.82. The van der Waals surface area contributed by atoms with E-state index in [2.05, 4.69) is 12.2 Å². The Labute approximate surface area is 101 Å². The summed E-state index contributed by atoms with van der Waals surface area (Å²) in [6, 6.07) is 6.97. The Morgan fingerprint density at radius 1 is 1.35 bits per heavy atom. The molecule has 0 spiro atoms. The maximum Gasteiger partial charge on any atom is 0.141 e. The van der Waals surface area contributed by atoms with Crippen molar-refractivity contribution in [1.29, 1.82) is 5.26 Å². The minimum atomic E-state index is -0.449. The summed E-state index contributed by atoms with van der Waals surface area (Å²) in [5.41, 5.74) is 0.958. The van der Waals surface area contributed by atoms with Crippen molar-refractivity contribution in [3.63, 3.8) is 0 Å². The Kier molecular flexibility index (Phi) is 3.63. The zero-order chi connectivity index (χ0) is 12.3. The van der Waals surface area contributed by atoms with Gasteiger partial charge in [-0.1, -0.05) is 19.8 Å². The van der Waals surface area contributed by atoms with Crippen LogP contribution in [-0.2, 0) is 0 Å². The van der Waals surface area contributed by atoms with Gasteiger partial charge in [0.25, 0.3) is 0 Å². The molecular weight excluding hydrogens is 215 g/mol. The Morgan fingerprint density at radius 3 is 2.82 bits per heavy atom. The number of hydrogen-bond acceptors (Lipinski definition) is 2. The van der Waals surface area contributed by atoms with Crippen LogP contribution >= 0.6 is 0 Å². The molecule has 1 aromatic carbocycles. The molecule has 2 nitrogen and oxygen atoms in total. The molecule has 0 heterocycles. The SMILES string of the molecule is CC1CCCCC1Nc1ccc(F)c(C#N)c1. The molecule has 0 amide bonds. The van der Waals surface area contributed by atoms with Gasteiger partial charge in [0.2, 0.25) is 0 Å². The van der Waals surface area contributed by atoms with Crippen LogP contribution in [0.5, 0.6) is 0 Å². The van der Waals surface area contributed by atoms with Crippen LogP contribution in [-0.4, -0.2) is 6.04 Å². The van der Waals surface area contributed by atoms with Crippen molar-refractivity contribution < 1.29 is 4.39 Å². The van der Waals surface area contributed by atoms with Crippen LogP contribution in [0.15, 0.2) is 18.2 Å². The van der Waals surface area contributed by atoms with Gasteiger partial charge >= 0.3 is 0 Å². The smallest absolute Gasteiger partial charge is 0.141 e. The van der Waals surface area contributed by atoms with Crippen LogP contribution in [0, 0.1) is 23.1 Å². The van der Waals surface area contributed by atoms with Gasteiger partial charge in [-0.25, -0.2) is 4.39 Å². The van der Waals surface area contributed by atoms with Crippen molar-refractivity contribution in [2.24, 2.45) is 5.92 Å². The molecule has 1 aliphatic carbocycles. The number of rotatable bonds is 2. The highest BCUT2D eigenvalue weighted by atomic mass is 19.1. The van der Waals surface area contributed by atoms with E-state index in [1.54, 1.807) is 12.1 Å². The Morgan fingerprint density at radius 2 is 2.12 bits per heavy atom. The molecule has 0 aromatic heterocycles. The number of hydrogen-bond donors (Lipinski definition) is 1. The standard InChI is InChI=1S/C14H17FN2/c1-10-4-2-3-5-14(10)17-12-6-7-13(15)11(8-12)9-16/h6-8,10,14,17H,2-5H2,1H3. The maximum absolute atomic E-state index is 13.2. The summed E-state index contributed by atoms with van der Waals surface area (Å²) in [6.45, 7) is 2.24. The monoisotopic (exact) mass is 232 g/mol. The molecule has 1 fully saturated rings. The Balaban J connectivity index is 2.10. The van der Waals surface area contributed by atoms with Gasteiger partial charge in [-0.3, -0.25) is 0 Å². The minimum absolute atomic E-state index is 0.110. The highest BCUT2D eigenvalue weighted by Gasteiger charge is 2.21. The van der Waals surface area contributed by atoms with Crippen LogP contribution in [0.1, 0.15) is 38.2 Å². The molecule has 1 saturated carbocycles. The van der Waals surface area contributed by atoms with Crippen molar-refractivity contribution in [2.75, 3.05) is 5.32 Å². The molecule has 17 heavy (non-hydrogen) atoms. The molecule has 0 bridgehead atoms. The molecule has 1 N–H and O–H groups in total. The molecule has 0 aliphatic heterocycles. The fourth-order valence-electron chi connectivity index (χ4n) is 2.45. The lowest BCUT2D eigenvalue weighted by atomic mass is 9.86. The normalized spacial score (nSPS) is 24.1. The zero-order valence-electron chi connectivity index (χ0n) is 10.0. The van der Waals surface area contributed by atoms with E-state index in [0.717, 1.165) is 12.1 Å². The number of nitriles is 1. The third-order valence-electron chi connectivity index (χ3n) is 3.55. The number of benzene rings is 1. The lowest BCUT2D eigenvalue weighted by Crippen LogP contribution is -2.30. The van der Waals surface area contributed by atoms with E-state index in [1.807, 2.05) is 6.07 Å². The number of halogens is 1. The van der Waals surface area contributed by atoms with Gasteiger partial charge in [-0.2, -0.15) is 5.26 Å². The fourth-order valence-corrected chi connectivity index (χ4v) is 2.45. The van der Waals surface area contributed by atoms with E-state index in [1.165, 1.54) is 25.3 Å². The largest absolute Gasteiger partial charge is 0.382 e. The van der Waals surface area contributed by atoms with E-state index in [0.29, 0.717) is 12.0 Å². The van der Waals surface area contributed by atoms with Crippen molar-refractivity contribution in [1.82, 2.24) is 0 Å². The third kappa shape index (κ3) is 2.76. The van der Waals surface area contributed by atoms with Gasteiger partial charge in [-0.05, 0) is 37.0 Å². The minimum Gasteiger partial charge on any atom is -0.382 e. The van der Waals surface area contributed by atoms with E-state index in [9.17, 15) is 4.39 Å². The summed E-state index contributed by atoms with van der Waals surface area (Å²) in [5.74, 6) is 0.189. The average molecular weight is 232 g/mol. The second kappa shape index (κ2) is 5.18. The van der Waals surface area contributed by atoms with Gasteiger partial charge in [0.15, 0.2) is 0 Å². The molecule has 3 heteroatoms. The third-order valence-corrected chi connectivity index (χ3v) is 3.55. The molecule has 90 valence electrons. The summed E-state index contributed by atoms with van der Waals surface area (Å²) in [7, 11) is 0. The predicted molar refractivity (Wildman–Crippen MR) is 66.2 cm³/mol. The van der Waals surface area contributed by atoms with Crippen LogP contribution in [0.3, 0.4) is 0 Å². The van der Waals surface area contributed by atoms with Crippen molar-refractivity contribution >= 4 is 5.69 Å². The first kappa shape index (κ1) is 11.9. The van der Waals surface area contributed by atoms with Gasteiger partial charge < -0.3 is 5.32 Å². The second-order valence-electron chi connectivity index (χ2n) is 4.82. The van der Waals surface area contributed by atoms with Gasteiger partial charge in [-0.15, -0.1) is 0 Å². The Bertz CT molecular complexity index is 436. The van der Waals surface area contributed by atoms with Crippen LogP contribution in [0.2, 0.25) is 0 Å². The fraction of sp³-hybridized carbons (Fsp3) is 0.500. The van der Waals surface area contributed by atoms with Crippen LogP contribution in [0.25, 0.3) is 0 Å². The first-order valence-electron chi connectivity index (χ1n) is 6.17. The van der Waals surface area contributed by atoms with Gasteiger partial charge in [0.05, 0.1) is 5.56 Å². The van der Waals surface area contributed by atoms with Crippen molar-refractivity contribution in [2.45, 2.75) is 38.6 Å². The highest BCUT2D eigenvalue weighted by molar-refractivity contribution is 5.50. The van der Waals surface area contributed by atoms with Crippen LogP contribution in [0.4, 0.5) is 10.1 Å². The number of anilines is 1. The van der Waals surface area contributed by atoms with Crippen LogP contribution < -0.4 is 5.32 Å². The molecular formula is C14H17FN2. The first-order valence-corrected chi connectivity index (χ1v) is 6.17. The quantitative estimate of drug-likeness (QED) is 0.844. The summed E-state index contributed by atoms with van der Waals surface area (Å²) in [5, 5.41) is 12.2. The molecule has 2 unspecified atom stereocenters. The number of nitrogens with zero attached hydrogens (tertiary/aromatic N) is 1. The molecule has 2 rings (SSSR count). The van der Waals surface area contributed by atoms with Crippen molar-refractivity contribution in [3.8, 4) is 6.07 Å².